The van der Waals surface area contributed by atoms with Crippen LogP contribution in [0.5, 0.6) is 5.75 Å². The molecule has 0 aliphatic rings. The third-order valence-electron chi connectivity index (χ3n) is 1.95. The number of hydrogen-bond acceptors (Lipinski definition) is 7. The summed E-state index contributed by atoms with van der Waals surface area (Å²) in [5.41, 5.74) is -1.01. The fourth-order valence-corrected chi connectivity index (χ4v) is 1.09. The third-order valence-corrected chi connectivity index (χ3v) is 1.95. The molecule has 1 aromatic rings. The van der Waals surface area contributed by atoms with E-state index in [0.29, 0.717) is 0 Å². The summed E-state index contributed by atoms with van der Waals surface area (Å²) in [6, 6.07) is 2.88. The lowest BCUT2D eigenvalue weighted by Crippen LogP contribution is -1.98. The second-order valence-corrected chi connectivity index (χ2v) is 3.11. The van der Waals surface area contributed by atoms with Crippen LogP contribution in [0.2, 0.25) is 0 Å². The molecule has 0 radical (unpaired) electrons. The number of hydrogen-bond donors (Lipinski definition) is 0. The van der Waals surface area contributed by atoms with E-state index in [2.05, 4.69) is 4.74 Å². The molecule has 1 aromatic carbocycles. The fourth-order valence-electron chi connectivity index (χ4n) is 1.09. The smallest absolute Gasteiger partial charge is 0.333 e. The molecule has 0 fully saturated rings. The number of nitrogens with zero attached hydrogens (tertiary/aromatic N) is 2. The Labute approximate surface area is 106 Å². The van der Waals surface area contributed by atoms with Crippen molar-refractivity contribution in [3.63, 3.8) is 0 Å². The fraction of sp³-hybridized carbons (Fsp3) is 0.100. The number of benzene rings is 1. The summed E-state index contributed by atoms with van der Waals surface area (Å²) in [4.78, 5) is 30.4. The molecule has 100 valence electrons. The van der Waals surface area contributed by atoms with Crippen LogP contribution in [-0.4, -0.2) is 22.9 Å². The first-order chi connectivity index (χ1) is 8.95. The zero-order valence-electron chi connectivity index (χ0n) is 9.64. The molecule has 0 unspecified atom stereocenters. The molecular formula is C10H8N2O7. The molecule has 0 heterocycles. The summed E-state index contributed by atoms with van der Waals surface area (Å²) in [7, 11) is 1.15. The van der Waals surface area contributed by atoms with E-state index in [1.807, 2.05) is 0 Å². The predicted molar refractivity (Wildman–Crippen MR) is 61.5 cm³/mol. The second kappa shape index (κ2) is 6.10. The number of non-ortho nitro benzene ring substituents is 1. The van der Waals surface area contributed by atoms with Crippen LogP contribution in [-0.2, 0) is 9.53 Å². The van der Waals surface area contributed by atoms with Gasteiger partial charge in [0.25, 0.3) is 5.69 Å². The molecule has 0 amide bonds. The minimum atomic E-state index is -0.825. The lowest BCUT2D eigenvalue weighted by molar-refractivity contribution is -0.394. The van der Waals surface area contributed by atoms with Crippen LogP contribution in [0.1, 0.15) is 0 Å². The maximum atomic E-state index is 10.8. The van der Waals surface area contributed by atoms with E-state index in [1.165, 1.54) is 0 Å². The topological polar surface area (TPSA) is 122 Å². The standard InChI is InChI=1S/C10H8N2O7/c1-18-10(13)4-5-19-9-3-2-7(11(14)15)6-8(9)12(16)17/h2-6H,1H3/b5-4+. The van der Waals surface area contributed by atoms with Crippen molar-refractivity contribution >= 4 is 17.3 Å². The number of nitro benzene ring substituents is 2. The van der Waals surface area contributed by atoms with Crippen molar-refractivity contribution in [1.82, 2.24) is 0 Å². The van der Waals surface area contributed by atoms with Crippen LogP contribution in [0, 0.1) is 20.2 Å². The second-order valence-electron chi connectivity index (χ2n) is 3.11. The first-order valence-corrected chi connectivity index (χ1v) is 4.79. The minimum absolute atomic E-state index is 0.226. The molecule has 0 aliphatic heterocycles. The van der Waals surface area contributed by atoms with Crippen LogP contribution < -0.4 is 4.74 Å². The Hall–Kier alpha value is -2.97. The van der Waals surface area contributed by atoms with E-state index in [0.717, 1.165) is 37.6 Å². The van der Waals surface area contributed by atoms with E-state index in [-0.39, 0.29) is 5.75 Å². The summed E-state index contributed by atoms with van der Waals surface area (Å²) in [6.07, 6.45) is 1.80. The van der Waals surface area contributed by atoms with Crippen LogP contribution in [0.4, 0.5) is 11.4 Å². The van der Waals surface area contributed by atoms with Gasteiger partial charge in [0.1, 0.15) is 0 Å². The molecule has 0 saturated carbocycles. The van der Waals surface area contributed by atoms with Crippen molar-refractivity contribution in [2.45, 2.75) is 0 Å². The molecule has 19 heavy (non-hydrogen) atoms. The average molecular weight is 268 g/mol. The Balaban J connectivity index is 3.01. The molecule has 0 bridgehead atoms. The van der Waals surface area contributed by atoms with Gasteiger partial charge in [-0.1, -0.05) is 0 Å². The van der Waals surface area contributed by atoms with Gasteiger partial charge in [0.15, 0.2) is 0 Å². The highest BCUT2D eigenvalue weighted by Gasteiger charge is 2.20. The van der Waals surface area contributed by atoms with Gasteiger partial charge in [-0.25, -0.2) is 4.79 Å². The number of methoxy groups -OCH3 is 1. The SMILES string of the molecule is COC(=O)/C=C/Oc1ccc([N+](=O)[O-])cc1[N+](=O)[O-]. The van der Waals surface area contributed by atoms with Crippen molar-refractivity contribution in [3.8, 4) is 5.75 Å². The Morgan fingerprint density at radius 2 is 1.95 bits per heavy atom. The Kier molecular flexibility index (Phi) is 4.52. The van der Waals surface area contributed by atoms with Gasteiger partial charge in [-0.05, 0) is 6.07 Å². The number of rotatable bonds is 5. The molecule has 0 aromatic heterocycles. The van der Waals surface area contributed by atoms with Crippen molar-refractivity contribution in [2.24, 2.45) is 0 Å². The van der Waals surface area contributed by atoms with Crippen LogP contribution in [0.15, 0.2) is 30.5 Å². The van der Waals surface area contributed by atoms with Crippen molar-refractivity contribution < 1.29 is 24.1 Å². The summed E-state index contributed by atoms with van der Waals surface area (Å²) < 4.78 is 9.15. The van der Waals surface area contributed by atoms with Crippen molar-refractivity contribution in [1.29, 1.82) is 0 Å². The van der Waals surface area contributed by atoms with E-state index >= 15 is 0 Å². The molecule has 0 aliphatic carbocycles. The number of ether oxygens (including phenoxy) is 2. The first kappa shape index (κ1) is 14.1. The van der Waals surface area contributed by atoms with Crippen LogP contribution >= 0.6 is 0 Å². The van der Waals surface area contributed by atoms with Crippen LogP contribution in [0.25, 0.3) is 0 Å². The van der Waals surface area contributed by atoms with E-state index < -0.39 is 27.2 Å². The number of carbonyl (C=O) groups is 1. The number of nitro groups is 2. The lowest BCUT2D eigenvalue weighted by atomic mass is 10.2. The van der Waals surface area contributed by atoms with Gasteiger partial charge in [0.05, 0.1) is 35.4 Å². The number of carbonyl (C=O) groups excluding carboxylic acids is 1. The zero-order chi connectivity index (χ0) is 14.4. The summed E-state index contributed by atoms with van der Waals surface area (Å²) in [6.45, 7) is 0. The molecular weight excluding hydrogens is 260 g/mol. The summed E-state index contributed by atoms with van der Waals surface area (Å²) >= 11 is 0. The van der Waals surface area contributed by atoms with Gasteiger partial charge in [0.2, 0.25) is 5.75 Å². The minimum Gasteiger partial charge on any atom is -0.466 e. The van der Waals surface area contributed by atoms with Crippen molar-refractivity contribution in [2.75, 3.05) is 7.11 Å². The van der Waals surface area contributed by atoms with E-state index in [4.69, 9.17) is 4.74 Å². The highest BCUT2D eigenvalue weighted by atomic mass is 16.6. The van der Waals surface area contributed by atoms with Gasteiger partial charge >= 0.3 is 11.7 Å². The monoisotopic (exact) mass is 268 g/mol. The largest absolute Gasteiger partial charge is 0.466 e. The molecule has 0 spiro atoms. The maximum Gasteiger partial charge on any atom is 0.333 e. The van der Waals surface area contributed by atoms with Gasteiger partial charge in [-0.2, -0.15) is 0 Å². The number of esters is 1. The lowest BCUT2D eigenvalue weighted by Gasteiger charge is -2.01. The van der Waals surface area contributed by atoms with Gasteiger partial charge in [0, 0.05) is 6.07 Å². The predicted octanol–water partition coefficient (Wildman–Crippen LogP) is 1.57. The Morgan fingerprint density at radius 3 is 2.47 bits per heavy atom. The average Bonchev–Trinajstić information content (AvgIpc) is 2.38. The third kappa shape index (κ3) is 3.77. The molecule has 1 rings (SSSR count). The van der Waals surface area contributed by atoms with Gasteiger partial charge in [-0.3, -0.25) is 20.2 Å². The Morgan fingerprint density at radius 1 is 1.26 bits per heavy atom. The highest BCUT2D eigenvalue weighted by molar-refractivity contribution is 5.81. The van der Waals surface area contributed by atoms with E-state index in [1.54, 1.807) is 0 Å². The highest BCUT2D eigenvalue weighted by Crippen LogP contribution is 2.30. The van der Waals surface area contributed by atoms with E-state index in [9.17, 15) is 25.0 Å². The maximum absolute atomic E-state index is 10.8. The molecule has 0 saturated heterocycles. The molecule has 0 N–H and O–H groups in total. The molecule has 9 heteroatoms. The van der Waals surface area contributed by atoms with Gasteiger partial charge in [-0.15, -0.1) is 0 Å². The first-order valence-electron chi connectivity index (χ1n) is 4.79. The normalized spacial score (nSPS) is 10.2. The quantitative estimate of drug-likeness (QED) is 0.261. The van der Waals surface area contributed by atoms with Crippen LogP contribution in [0.3, 0.4) is 0 Å². The van der Waals surface area contributed by atoms with Crippen molar-refractivity contribution in [3.05, 3.63) is 50.8 Å². The molecule has 9 nitrogen and oxygen atoms in total. The Bertz CT molecular complexity index is 553. The van der Waals surface area contributed by atoms with Gasteiger partial charge < -0.3 is 9.47 Å². The summed E-state index contributed by atoms with van der Waals surface area (Å²) in [5, 5.41) is 21.2. The zero-order valence-corrected chi connectivity index (χ0v) is 9.64. The summed E-state index contributed by atoms with van der Waals surface area (Å²) in [5.74, 6) is -0.930. The molecule has 0 atom stereocenters.